The second-order valence-electron chi connectivity index (χ2n) is 6.01. The van der Waals surface area contributed by atoms with Gasteiger partial charge in [-0.3, -0.25) is 14.2 Å². The van der Waals surface area contributed by atoms with Gasteiger partial charge in [-0.2, -0.15) is 0 Å². The number of thiophene rings is 1. The van der Waals surface area contributed by atoms with Gasteiger partial charge in [-0.25, -0.2) is 4.98 Å². The summed E-state index contributed by atoms with van der Waals surface area (Å²) in [6.45, 7) is 0. The largest absolute Gasteiger partial charge is 0.293 e. The first-order chi connectivity index (χ1) is 12.0. The summed E-state index contributed by atoms with van der Waals surface area (Å²) < 4.78 is 1.56. The highest BCUT2D eigenvalue weighted by atomic mass is 35.5. The maximum absolute atomic E-state index is 12.7. The SMILES string of the molecule is Cn1c(SCC(=O)c2ccc(Cl)cc2)nc2sc3c(c2c1=O)CCC3. The van der Waals surface area contributed by atoms with Gasteiger partial charge in [-0.15, -0.1) is 11.3 Å². The Labute approximate surface area is 157 Å². The summed E-state index contributed by atoms with van der Waals surface area (Å²) in [7, 11) is 1.73. The van der Waals surface area contributed by atoms with Gasteiger partial charge in [0.2, 0.25) is 0 Å². The molecule has 0 atom stereocenters. The van der Waals surface area contributed by atoms with Gasteiger partial charge in [-0.1, -0.05) is 23.4 Å². The second-order valence-corrected chi connectivity index (χ2v) is 8.48. The number of carbonyl (C=O) groups is 1. The van der Waals surface area contributed by atoms with E-state index >= 15 is 0 Å². The first-order valence-electron chi connectivity index (χ1n) is 7.97. The van der Waals surface area contributed by atoms with Crippen LogP contribution in [-0.4, -0.2) is 21.1 Å². The molecular formula is C18H15ClN2O2S2. The van der Waals surface area contributed by atoms with E-state index in [1.54, 1.807) is 47.2 Å². The van der Waals surface area contributed by atoms with Crippen LogP contribution in [0.4, 0.5) is 0 Å². The van der Waals surface area contributed by atoms with Gasteiger partial charge in [-0.05, 0) is 49.1 Å². The predicted molar refractivity (Wildman–Crippen MR) is 103 cm³/mol. The van der Waals surface area contributed by atoms with Crippen LogP contribution in [0, 0.1) is 0 Å². The lowest BCUT2D eigenvalue weighted by Crippen LogP contribution is -2.20. The summed E-state index contributed by atoms with van der Waals surface area (Å²) >= 11 is 8.77. The number of Topliss-reactive ketones (excluding diaryl/α,β-unsaturated/α-hetero) is 1. The van der Waals surface area contributed by atoms with Gasteiger partial charge in [0.25, 0.3) is 5.56 Å². The van der Waals surface area contributed by atoms with Crippen LogP contribution in [0.15, 0.2) is 34.2 Å². The molecule has 0 bridgehead atoms. The Hall–Kier alpha value is -1.63. The monoisotopic (exact) mass is 390 g/mol. The molecule has 2 heterocycles. The number of benzene rings is 1. The molecule has 0 saturated heterocycles. The lowest BCUT2D eigenvalue weighted by atomic mass is 10.1. The fourth-order valence-electron chi connectivity index (χ4n) is 3.08. The molecule has 128 valence electrons. The average Bonchev–Trinajstić information content (AvgIpc) is 3.17. The maximum atomic E-state index is 12.7. The Morgan fingerprint density at radius 1 is 1.32 bits per heavy atom. The second kappa shape index (κ2) is 6.59. The highest BCUT2D eigenvalue weighted by molar-refractivity contribution is 7.99. The summed E-state index contributed by atoms with van der Waals surface area (Å²) in [5.74, 6) is 0.225. The standard InChI is InChI=1S/C18H15ClN2O2S2/c1-21-17(23)15-12-3-2-4-14(12)25-16(15)20-18(21)24-9-13(22)10-5-7-11(19)8-6-10/h5-8H,2-4,9H2,1H3. The van der Waals surface area contributed by atoms with Crippen LogP contribution in [0.2, 0.25) is 5.02 Å². The normalized spacial score (nSPS) is 13.4. The molecule has 4 nitrogen and oxygen atoms in total. The summed E-state index contributed by atoms with van der Waals surface area (Å²) in [6, 6.07) is 6.83. The molecule has 0 spiro atoms. The molecule has 0 unspecified atom stereocenters. The van der Waals surface area contributed by atoms with Crippen LogP contribution >= 0.6 is 34.7 Å². The molecule has 7 heteroatoms. The number of aromatic nitrogens is 2. The van der Waals surface area contributed by atoms with E-state index in [-0.39, 0.29) is 17.1 Å². The zero-order chi connectivity index (χ0) is 17.6. The molecule has 4 rings (SSSR count). The topological polar surface area (TPSA) is 52.0 Å². The Balaban J connectivity index is 1.61. The van der Waals surface area contributed by atoms with Gasteiger partial charge >= 0.3 is 0 Å². The first-order valence-corrected chi connectivity index (χ1v) is 10.2. The van der Waals surface area contributed by atoms with Crippen LogP contribution in [0.1, 0.15) is 27.2 Å². The van der Waals surface area contributed by atoms with E-state index < -0.39 is 0 Å². The van der Waals surface area contributed by atoms with Crippen molar-refractivity contribution in [2.24, 2.45) is 7.05 Å². The summed E-state index contributed by atoms with van der Waals surface area (Å²) in [5, 5.41) is 1.96. The van der Waals surface area contributed by atoms with Crippen LogP contribution in [0.3, 0.4) is 0 Å². The van der Waals surface area contributed by atoms with Gasteiger partial charge in [0.1, 0.15) is 4.83 Å². The van der Waals surface area contributed by atoms with Crippen molar-refractivity contribution in [1.29, 1.82) is 0 Å². The fraction of sp³-hybridized carbons (Fsp3) is 0.278. The molecule has 1 aliphatic rings. The van der Waals surface area contributed by atoms with Crippen LogP contribution in [0.5, 0.6) is 0 Å². The van der Waals surface area contributed by atoms with Crippen molar-refractivity contribution in [2.45, 2.75) is 24.4 Å². The third-order valence-electron chi connectivity index (χ3n) is 4.40. The van der Waals surface area contributed by atoms with E-state index in [9.17, 15) is 9.59 Å². The smallest absolute Gasteiger partial charge is 0.262 e. The third kappa shape index (κ3) is 3.03. The molecule has 0 fully saturated rings. The van der Waals surface area contributed by atoms with Crippen molar-refractivity contribution in [2.75, 3.05) is 5.75 Å². The predicted octanol–water partition coefficient (Wildman–Crippen LogP) is 4.11. The molecule has 0 aliphatic heterocycles. The molecular weight excluding hydrogens is 376 g/mol. The zero-order valence-corrected chi connectivity index (χ0v) is 15.9. The van der Waals surface area contributed by atoms with Gasteiger partial charge in [0, 0.05) is 22.5 Å². The van der Waals surface area contributed by atoms with Crippen molar-refractivity contribution >= 4 is 50.7 Å². The minimum atomic E-state index is -0.00955. The summed E-state index contributed by atoms with van der Waals surface area (Å²) in [5.41, 5.74) is 1.78. The quantitative estimate of drug-likeness (QED) is 0.382. The lowest BCUT2D eigenvalue weighted by molar-refractivity contribution is 0.102. The van der Waals surface area contributed by atoms with E-state index in [0.29, 0.717) is 15.7 Å². The number of aryl methyl sites for hydroxylation is 2. The Morgan fingerprint density at radius 3 is 2.84 bits per heavy atom. The minimum Gasteiger partial charge on any atom is -0.293 e. The van der Waals surface area contributed by atoms with E-state index in [0.717, 1.165) is 29.5 Å². The molecule has 0 N–H and O–H groups in total. The number of rotatable bonds is 4. The summed E-state index contributed by atoms with van der Waals surface area (Å²) in [4.78, 5) is 31.8. The molecule has 0 radical (unpaired) electrons. The maximum Gasteiger partial charge on any atom is 0.262 e. The highest BCUT2D eigenvalue weighted by Crippen LogP contribution is 2.35. The van der Waals surface area contributed by atoms with Gasteiger partial charge in [0.15, 0.2) is 10.9 Å². The molecule has 25 heavy (non-hydrogen) atoms. The minimum absolute atomic E-state index is 0.00848. The number of thioether (sulfide) groups is 1. The van der Waals surface area contributed by atoms with E-state index in [1.807, 2.05) is 0 Å². The highest BCUT2D eigenvalue weighted by Gasteiger charge is 2.22. The Bertz CT molecular complexity index is 1040. The molecule has 1 aliphatic carbocycles. The molecule has 0 amide bonds. The summed E-state index contributed by atoms with van der Waals surface area (Å²) in [6.07, 6.45) is 3.12. The first kappa shape index (κ1) is 16.8. The molecule has 3 aromatic rings. The molecule has 2 aromatic heterocycles. The number of ketones is 1. The van der Waals surface area contributed by atoms with Crippen LogP contribution < -0.4 is 5.56 Å². The number of halogens is 1. The number of hydrogen-bond acceptors (Lipinski definition) is 5. The zero-order valence-electron chi connectivity index (χ0n) is 13.5. The number of nitrogens with zero attached hydrogens (tertiary/aromatic N) is 2. The number of hydrogen-bond donors (Lipinski definition) is 0. The van der Waals surface area contributed by atoms with Gasteiger partial charge in [0.05, 0.1) is 11.1 Å². The van der Waals surface area contributed by atoms with E-state index in [1.165, 1.54) is 22.2 Å². The Morgan fingerprint density at radius 2 is 2.08 bits per heavy atom. The van der Waals surface area contributed by atoms with Crippen LogP contribution in [-0.2, 0) is 19.9 Å². The number of fused-ring (bicyclic) bond motifs is 3. The average molecular weight is 391 g/mol. The molecule has 1 aromatic carbocycles. The van der Waals surface area contributed by atoms with Crippen LogP contribution in [0.25, 0.3) is 10.2 Å². The molecule has 0 saturated carbocycles. The van der Waals surface area contributed by atoms with Crippen molar-refractivity contribution in [3.8, 4) is 0 Å². The van der Waals surface area contributed by atoms with Crippen molar-refractivity contribution < 1.29 is 4.79 Å². The van der Waals surface area contributed by atoms with E-state index in [2.05, 4.69) is 4.98 Å². The van der Waals surface area contributed by atoms with Gasteiger partial charge < -0.3 is 0 Å². The van der Waals surface area contributed by atoms with Crippen molar-refractivity contribution in [1.82, 2.24) is 9.55 Å². The fourth-order valence-corrected chi connectivity index (χ4v) is 5.38. The Kier molecular flexibility index (Phi) is 4.43. The van der Waals surface area contributed by atoms with Crippen molar-refractivity contribution in [3.05, 3.63) is 55.6 Å². The lowest BCUT2D eigenvalue weighted by Gasteiger charge is -2.07. The van der Waals surface area contributed by atoms with Crippen molar-refractivity contribution in [3.63, 3.8) is 0 Å². The van der Waals surface area contributed by atoms with E-state index in [4.69, 9.17) is 11.6 Å². The third-order valence-corrected chi connectivity index (χ3v) is 6.87. The number of carbonyl (C=O) groups excluding carboxylic acids is 1.